The number of nitrogens with zero attached hydrogens (tertiary/aromatic N) is 3. The molecule has 3 heterocycles. The van der Waals surface area contributed by atoms with Gasteiger partial charge in [-0.15, -0.1) is 0 Å². The van der Waals surface area contributed by atoms with Crippen LogP contribution in [-0.2, 0) is 0 Å². The van der Waals surface area contributed by atoms with Crippen LogP contribution >= 0.6 is 23.8 Å². The molecule has 2 aromatic heterocycles. The van der Waals surface area contributed by atoms with Gasteiger partial charge < -0.3 is 25.0 Å². The van der Waals surface area contributed by atoms with E-state index < -0.39 is 0 Å². The first-order chi connectivity index (χ1) is 16.3. The van der Waals surface area contributed by atoms with Crippen LogP contribution in [0.1, 0.15) is 34.7 Å². The molecule has 0 spiro atoms. The Morgan fingerprint density at radius 1 is 1.00 bits per heavy atom. The largest absolute Gasteiger partial charge is 0.508 e. The number of halogens is 1. The third-order valence-corrected chi connectivity index (χ3v) is 6.74. The van der Waals surface area contributed by atoms with E-state index in [4.69, 9.17) is 23.8 Å². The number of hydrogen-bond acceptors (Lipinski definition) is 4. The molecule has 5 rings (SSSR count). The van der Waals surface area contributed by atoms with Gasteiger partial charge in [0.15, 0.2) is 5.11 Å². The van der Waals surface area contributed by atoms with Crippen LogP contribution in [0.15, 0.2) is 72.9 Å². The highest BCUT2D eigenvalue weighted by molar-refractivity contribution is 7.80. The molecular formula is C26H23ClN4O2S. The first-order valence-corrected chi connectivity index (χ1v) is 11.6. The minimum absolute atomic E-state index is 0.0903. The predicted octanol–water partition coefficient (Wildman–Crippen LogP) is 5.73. The van der Waals surface area contributed by atoms with E-state index in [9.17, 15) is 10.2 Å². The first-order valence-electron chi connectivity index (χ1n) is 10.8. The number of rotatable bonds is 4. The van der Waals surface area contributed by atoms with Crippen LogP contribution < -0.4 is 10.2 Å². The Bertz CT molecular complexity index is 1370. The Morgan fingerprint density at radius 3 is 2.47 bits per heavy atom. The van der Waals surface area contributed by atoms with Crippen LogP contribution in [0, 0.1) is 13.8 Å². The molecule has 1 saturated heterocycles. The fraction of sp³-hybridized carbons (Fsp3) is 0.154. The van der Waals surface area contributed by atoms with Crippen molar-refractivity contribution in [2.24, 2.45) is 0 Å². The molecule has 0 amide bonds. The maximum absolute atomic E-state index is 10.7. The van der Waals surface area contributed by atoms with Gasteiger partial charge in [0.1, 0.15) is 11.5 Å². The lowest BCUT2D eigenvalue weighted by atomic mass is 9.96. The molecule has 1 aliphatic rings. The number of aryl methyl sites for hydroxylation is 1. The summed E-state index contributed by atoms with van der Waals surface area (Å²) in [6, 6.07) is 19.4. The van der Waals surface area contributed by atoms with Crippen molar-refractivity contribution < 1.29 is 10.2 Å². The number of aromatic hydroxyl groups is 2. The van der Waals surface area contributed by atoms with Gasteiger partial charge in [-0.2, -0.15) is 0 Å². The van der Waals surface area contributed by atoms with E-state index in [0.717, 1.165) is 28.3 Å². The quantitative estimate of drug-likeness (QED) is 0.317. The smallest absolute Gasteiger partial charge is 0.174 e. The first kappa shape index (κ1) is 22.3. The number of hydrogen-bond donors (Lipinski definition) is 3. The molecule has 1 aliphatic heterocycles. The lowest BCUT2D eigenvalue weighted by molar-refractivity contribution is 0.472. The molecule has 4 aromatic rings. The highest BCUT2D eigenvalue weighted by Crippen LogP contribution is 2.46. The Morgan fingerprint density at radius 2 is 1.76 bits per heavy atom. The Labute approximate surface area is 208 Å². The average molecular weight is 491 g/mol. The monoisotopic (exact) mass is 490 g/mol. The number of anilines is 1. The topological polar surface area (TPSA) is 73.5 Å². The predicted molar refractivity (Wildman–Crippen MR) is 138 cm³/mol. The lowest BCUT2D eigenvalue weighted by Crippen LogP contribution is -2.29. The van der Waals surface area contributed by atoms with Crippen molar-refractivity contribution in [1.29, 1.82) is 0 Å². The summed E-state index contributed by atoms with van der Waals surface area (Å²) in [5, 5.41) is 24.9. The van der Waals surface area contributed by atoms with Gasteiger partial charge in [-0.05, 0) is 92.3 Å². The molecule has 2 atom stereocenters. The number of thiocarbonyl (C=S) groups is 1. The third-order valence-electron chi connectivity index (χ3n) is 6.19. The Hall–Kier alpha value is -3.55. The van der Waals surface area contributed by atoms with Gasteiger partial charge in [0.25, 0.3) is 0 Å². The zero-order valence-corrected chi connectivity index (χ0v) is 20.2. The van der Waals surface area contributed by atoms with Crippen LogP contribution in [0.3, 0.4) is 0 Å². The van der Waals surface area contributed by atoms with E-state index in [1.807, 2.05) is 42.2 Å². The van der Waals surface area contributed by atoms with Crippen molar-refractivity contribution in [3.05, 3.63) is 101 Å². The molecule has 2 aromatic carbocycles. The van der Waals surface area contributed by atoms with Crippen molar-refractivity contribution in [1.82, 2.24) is 14.9 Å². The van der Waals surface area contributed by atoms with Gasteiger partial charge >= 0.3 is 0 Å². The molecule has 0 unspecified atom stereocenters. The second-order valence-corrected chi connectivity index (χ2v) is 9.13. The molecule has 0 saturated carbocycles. The molecule has 6 nitrogen and oxygen atoms in total. The van der Waals surface area contributed by atoms with Crippen LogP contribution in [0.4, 0.5) is 5.69 Å². The molecule has 0 radical (unpaired) electrons. The minimum Gasteiger partial charge on any atom is -0.508 e. The lowest BCUT2D eigenvalue weighted by Gasteiger charge is -2.28. The number of aromatic nitrogens is 2. The zero-order valence-electron chi connectivity index (χ0n) is 18.6. The second-order valence-electron chi connectivity index (χ2n) is 8.31. The van der Waals surface area contributed by atoms with Gasteiger partial charge in [-0.3, -0.25) is 4.98 Å². The number of phenolic OH excluding ortho intramolecular Hbond substituents is 2. The summed E-state index contributed by atoms with van der Waals surface area (Å²) in [4.78, 5) is 6.51. The van der Waals surface area contributed by atoms with E-state index in [1.54, 1.807) is 36.5 Å². The summed E-state index contributed by atoms with van der Waals surface area (Å²) in [6.45, 7) is 4.10. The van der Waals surface area contributed by atoms with Crippen LogP contribution in [0.5, 0.6) is 11.5 Å². The maximum Gasteiger partial charge on any atom is 0.174 e. The van der Waals surface area contributed by atoms with Crippen molar-refractivity contribution in [3.63, 3.8) is 0 Å². The molecular weight excluding hydrogens is 468 g/mol. The standard InChI is InChI=1S/C26H23ClN4O2S/c1-15-13-20(16(2)30(15)18-7-9-19(32)10-8-18)25-24(21-5-3-4-12-28-21)29-26(34)31(25)22-14-17(27)6-11-23(22)33/h3-14,24-25,32-33H,1-2H3,(H,29,34)/t24-,25+/m0/s1. The number of pyridine rings is 1. The van der Waals surface area contributed by atoms with E-state index in [1.165, 1.54) is 0 Å². The fourth-order valence-electron chi connectivity index (χ4n) is 4.71. The number of phenols is 2. The molecule has 3 N–H and O–H groups in total. The van der Waals surface area contributed by atoms with Gasteiger partial charge in [0, 0.05) is 28.3 Å². The summed E-state index contributed by atoms with van der Waals surface area (Å²) in [5.74, 6) is 0.308. The van der Waals surface area contributed by atoms with Gasteiger partial charge in [-0.25, -0.2) is 0 Å². The van der Waals surface area contributed by atoms with Gasteiger partial charge in [0.2, 0.25) is 0 Å². The average Bonchev–Trinajstić information content (AvgIpc) is 3.32. The second kappa shape index (κ2) is 8.66. The van der Waals surface area contributed by atoms with Crippen LogP contribution in [-0.4, -0.2) is 24.9 Å². The van der Waals surface area contributed by atoms with Gasteiger partial charge in [0.05, 0.1) is 23.5 Å². The SMILES string of the molecule is Cc1cc([C@@H]2[C@H](c3ccccn3)NC(=S)N2c2cc(Cl)ccc2O)c(C)n1-c1ccc(O)cc1. The molecule has 34 heavy (non-hydrogen) atoms. The van der Waals surface area contributed by atoms with Crippen molar-refractivity contribution in [2.75, 3.05) is 4.90 Å². The summed E-state index contributed by atoms with van der Waals surface area (Å²) in [6.07, 6.45) is 1.76. The van der Waals surface area contributed by atoms with E-state index >= 15 is 0 Å². The zero-order chi connectivity index (χ0) is 24.0. The number of benzene rings is 2. The van der Waals surface area contributed by atoms with Crippen LogP contribution in [0.25, 0.3) is 5.69 Å². The highest BCUT2D eigenvalue weighted by atomic mass is 35.5. The van der Waals surface area contributed by atoms with E-state index in [0.29, 0.717) is 15.8 Å². The summed E-state index contributed by atoms with van der Waals surface area (Å²) >= 11 is 12.1. The fourth-order valence-corrected chi connectivity index (χ4v) is 5.21. The minimum atomic E-state index is -0.288. The molecule has 8 heteroatoms. The Balaban J connectivity index is 1.70. The van der Waals surface area contributed by atoms with Crippen molar-refractivity contribution >= 4 is 34.6 Å². The van der Waals surface area contributed by atoms with Crippen molar-refractivity contribution in [3.8, 4) is 17.2 Å². The molecule has 0 bridgehead atoms. The molecule has 0 aliphatic carbocycles. The van der Waals surface area contributed by atoms with E-state index in [-0.39, 0.29) is 23.6 Å². The number of nitrogens with one attached hydrogen (secondary N) is 1. The van der Waals surface area contributed by atoms with Gasteiger partial charge in [-0.1, -0.05) is 17.7 Å². The normalized spacial score (nSPS) is 17.7. The molecule has 172 valence electrons. The molecule has 1 fully saturated rings. The maximum atomic E-state index is 10.7. The summed E-state index contributed by atoms with van der Waals surface area (Å²) in [7, 11) is 0. The Kier molecular flexibility index (Phi) is 5.67. The van der Waals surface area contributed by atoms with E-state index in [2.05, 4.69) is 27.9 Å². The summed E-state index contributed by atoms with van der Waals surface area (Å²) in [5.41, 5.74) is 5.40. The third kappa shape index (κ3) is 3.77. The van der Waals surface area contributed by atoms with Crippen molar-refractivity contribution in [2.45, 2.75) is 25.9 Å². The highest BCUT2D eigenvalue weighted by Gasteiger charge is 2.43. The van der Waals surface area contributed by atoms with Crippen LogP contribution in [0.2, 0.25) is 5.02 Å². The summed E-state index contributed by atoms with van der Waals surface area (Å²) < 4.78 is 2.14.